The molecule has 0 fully saturated rings. The molecule has 2 aromatic rings. The third-order valence-electron chi connectivity index (χ3n) is 2.70. The van der Waals surface area contributed by atoms with Crippen LogP contribution < -0.4 is 0 Å². The van der Waals surface area contributed by atoms with Gasteiger partial charge in [-0.1, -0.05) is 23.7 Å². The van der Waals surface area contributed by atoms with Crippen LogP contribution in [-0.2, 0) is 6.42 Å². The predicted octanol–water partition coefficient (Wildman–Crippen LogP) is 3.23. The first-order valence-electron chi connectivity index (χ1n) is 5.09. The van der Waals surface area contributed by atoms with Gasteiger partial charge in [0.05, 0.1) is 5.69 Å². The van der Waals surface area contributed by atoms with Crippen LogP contribution in [0.3, 0.4) is 0 Å². The van der Waals surface area contributed by atoms with Gasteiger partial charge in [0.2, 0.25) is 0 Å². The lowest BCUT2D eigenvalue weighted by Gasteiger charge is -2.00. The van der Waals surface area contributed by atoms with E-state index in [1.165, 1.54) is 5.57 Å². The molecule has 0 N–H and O–H groups in total. The number of hydrogen-bond acceptors (Lipinski definition) is 2. The molecule has 1 aliphatic carbocycles. The molecule has 0 saturated heterocycles. The Labute approximate surface area is 98.6 Å². The fourth-order valence-electron chi connectivity index (χ4n) is 1.92. The number of aromatic nitrogens is 2. The summed E-state index contributed by atoms with van der Waals surface area (Å²) in [6.07, 6.45) is 6.64. The Kier molecular flexibility index (Phi) is 2.22. The monoisotopic (exact) mass is 228 g/mol. The van der Waals surface area contributed by atoms with Crippen molar-refractivity contribution in [3.05, 3.63) is 58.6 Å². The van der Waals surface area contributed by atoms with E-state index in [1.54, 1.807) is 6.20 Å². The maximum Gasteiger partial charge on any atom is 0.129 e. The molecule has 0 atom stereocenters. The normalized spacial score (nSPS) is 13.4. The summed E-state index contributed by atoms with van der Waals surface area (Å²) in [5.74, 6) is 0. The van der Waals surface area contributed by atoms with Crippen molar-refractivity contribution in [1.82, 2.24) is 9.97 Å². The van der Waals surface area contributed by atoms with E-state index < -0.39 is 0 Å². The van der Waals surface area contributed by atoms with Crippen molar-refractivity contribution in [2.45, 2.75) is 6.42 Å². The summed E-state index contributed by atoms with van der Waals surface area (Å²) < 4.78 is 0. The number of hydrogen-bond donors (Lipinski definition) is 0. The van der Waals surface area contributed by atoms with Gasteiger partial charge in [-0.2, -0.15) is 0 Å². The number of fused-ring (bicyclic) bond motifs is 1. The van der Waals surface area contributed by atoms with Crippen molar-refractivity contribution in [2.75, 3.05) is 0 Å². The lowest BCUT2D eigenvalue weighted by molar-refractivity contribution is 1.13. The zero-order valence-electron chi connectivity index (χ0n) is 8.52. The Morgan fingerprint density at radius 2 is 2.12 bits per heavy atom. The minimum absolute atomic E-state index is 0.555. The van der Waals surface area contributed by atoms with Crippen molar-refractivity contribution in [3.63, 3.8) is 0 Å². The zero-order valence-corrected chi connectivity index (χ0v) is 9.28. The van der Waals surface area contributed by atoms with Gasteiger partial charge in [-0.3, -0.25) is 4.98 Å². The summed E-state index contributed by atoms with van der Waals surface area (Å²) >= 11 is 5.87. The minimum Gasteiger partial charge on any atom is -0.264 e. The molecule has 0 spiro atoms. The molecular formula is C13H9ClN2. The van der Waals surface area contributed by atoms with Crippen LogP contribution in [-0.4, -0.2) is 9.97 Å². The van der Waals surface area contributed by atoms with Crippen LogP contribution in [0, 0.1) is 0 Å². The lowest BCUT2D eigenvalue weighted by atomic mass is 10.1. The summed E-state index contributed by atoms with van der Waals surface area (Å²) in [5.41, 5.74) is 4.60. The molecule has 0 unspecified atom stereocenters. The molecule has 0 amide bonds. The zero-order chi connectivity index (χ0) is 11.0. The smallest absolute Gasteiger partial charge is 0.129 e. The first-order valence-corrected chi connectivity index (χ1v) is 5.47. The number of halogens is 1. The molecule has 0 saturated carbocycles. The highest BCUT2D eigenvalue weighted by Gasteiger charge is 2.15. The van der Waals surface area contributed by atoms with E-state index in [-0.39, 0.29) is 0 Å². The first kappa shape index (κ1) is 9.55. The second kappa shape index (κ2) is 3.72. The van der Waals surface area contributed by atoms with Gasteiger partial charge in [-0.15, -0.1) is 0 Å². The van der Waals surface area contributed by atoms with Crippen LogP contribution >= 0.6 is 11.6 Å². The van der Waals surface area contributed by atoms with Gasteiger partial charge in [-0.25, -0.2) is 4.98 Å². The Morgan fingerprint density at radius 3 is 2.94 bits per heavy atom. The van der Waals surface area contributed by atoms with Gasteiger partial charge < -0.3 is 0 Å². The molecule has 2 nitrogen and oxygen atoms in total. The van der Waals surface area contributed by atoms with Crippen molar-refractivity contribution < 1.29 is 0 Å². The van der Waals surface area contributed by atoms with Crippen LogP contribution in [0.2, 0.25) is 5.15 Å². The Bertz CT molecular complexity index is 561. The summed E-state index contributed by atoms with van der Waals surface area (Å²) in [6.45, 7) is 0. The molecule has 0 bridgehead atoms. The lowest BCUT2D eigenvalue weighted by Crippen LogP contribution is -1.90. The van der Waals surface area contributed by atoms with Crippen molar-refractivity contribution in [1.29, 1.82) is 0 Å². The Morgan fingerprint density at radius 1 is 1.19 bits per heavy atom. The molecule has 1 aliphatic rings. The van der Waals surface area contributed by atoms with Gasteiger partial charge in [0.1, 0.15) is 5.15 Å². The van der Waals surface area contributed by atoms with Crippen LogP contribution in [0.4, 0.5) is 0 Å². The standard InChI is InChI=1S/C13H9ClN2/c14-13-4-3-9-6-11(7-12(9)16-13)10-2-1-5-15-8-10/h1-6,8H,7H2. The van der Waals surface area contributed by atoms with E-state index in [4.69, 9.17) is 11.6 Å². The quantitative estimate of drug-likeness (QED) is 0.701. The molecule has 0 aliphatic heterocycles. The fraction of sp³-hybridized carbons (Fsp3) is 0.0769. The molecule has 0 radical (unpaired) electrons. The van der Waals surface area contributed by atoms with Crippen LogP contribution in [0.25, 0.3) is 11.6 Å². The summed E-state index contributed by atoms with van der Waals surface area (Å²) in [5, 5.41) is 0.555. The highest BCUT2D eigenvalue weighted by Crippen LogP contribution is 2.30. The van der Waals surface area contributed by atoms with E-state index in [0.29, 0.717) is 5.15 Å². The van der Waals surface area contributed by atoms with Crippen LogP contribution in [0.1, 0.15) is 16.8 Å². The average Bonchev–Trinajstić information content (AvgIpc) is 2.73. The summed E-state index contributed by atoms with van der Waals surface area (Å²) in [4.78, 5) is 8.44. The number of rotatable bonds is 1. The highest BCUT2D eigenvalue weighted by atomic mass is 35.5. The molecule has 0 aromatic carbocycles. The maximum atomic E-state index is 5.87. The van der Waals surface area contributed by atoms with Crippen LogP contribution in [0.15, 0.2) is 36.7 Å². The second-order valence-corrected chi connectivity index (χ2v) is 4.15. The molecule has 3 heteroatoms. The van der Waals surface area contributed by atoms with Gasteiger partial charge in [-0.05, 0) is 34.9 Å². The van der Waals surface area contributed by atoms with Gasteiger partial charge in [0.15, 0.2) is 0 Å². The Balaban J connectivity index is 2.00. The second-order valence-electron chi connectivity index (χ2n) is 3.76. The summed E-state index contributed by atoms with van der Waals surface area (Å²) in [7, 11) is 0. The molecule has 3 rings (SSSR count). The Hall–Kier alpha value is -1.67. The third kappa shape index (κ3) is 1.61. The maximum absolute atomic E-state index is 5.87. The largest absolute Gasteiger partial charge is 0.264 e. The highest BCUT2D eigenvalue weighted by molar-refractivity contribution is 6.29. The van der Waals surface area contributed by atoms with Crippen molar-refractivity contribution in [2.24, 2.45) is 0 Å². The first-order chi connectivity index (χ1) is 7.83. The number of allylic oxidation sites excluding steroid dienone is 1. The third-order valence-corrected chi connectivity index (χ3v) is 2.91. The van der Waals surface area contributed by atoms with Crippen molar-refractivity contribution in [3.8, 4) is 0 Å². The topological polar surface area (TPSA) is 25.8 Å². The van der Waals surface area contributed by atoms with E-state index in [2.05, 4.69) is 22.1 Å². The van der Waals surface area contributed by atoms with Crippen LogP contribution in [0.5, 0.6) is 0 Å². The van der Waals surface area contributed by atoms with E-state index in [0.717, 1.165) is 23.2 Å². The summed E-state index contributed by atoms with van der Waals surface area (Å²) in [6, 6.07) is 7.84. The molecule has 2 aromatic heterocycles. The molecule has 2 heterocycles. The molecular weight excluding hydrogens is 220 g/mol. The fourth-order valence-corrected chi connectivity index (χ4v) is 2.08. The predicted molar refractivity (Wildman–Crippen MR) is 65.1 cm³/mol. The number of pyridine rings is 2. The van der Waals surface area contributed by atoms with E-state index in [1.807, 2.05) is 24.4 Å². The minimum atomic E-state index is 0.555. The number of nitrogens with zero attached hydrogens (tertiary/aromatic N) is 2. The van der Waals surface area contributed by atoms with Gasteiger partial charge in [0, 0.05) is 18.8 Å². The van der Waals surface area contributed by atoms with Gasteiger partial charge in [0.25, 0.3) is 0 Å². The van der Waals surface area contributed by atoms with E-state index >= 15 is 0 Å². The average molecular weight is 229 g/mol. The molecule has 78 valence electrons. The van der Waals surface area contributed by atoms with Gasteiger partial charge >= 0.3 is 0 Å². The van der Waals surface area contributed by atoms with Crippen molar-refractivity contribution >= 4 is 23.3 Å². The molecule has 16 heavy (non-hydrogen) atoms. The SMILES string of the molecule is Clc1ccc2c(n1)CC(c1cccnc1)=C2. The van der Waals surface area contributed by atoms with E-state index in [9.17, 15) is 0 Å².